The molecule has 6 nitrogen and oxygen atoms in total. The van der Waals surface area contributed by atoms with E-state index in [1.54, 1.807) is 37.8 Å². The van der Waals surface area contributed by atoms with Crippen LogP contribution in [0, 0.1) is 25.6 Å². The van der Waals surface area contributed by atoms with E-state index < -0.39 is 11.4 Å². The molecule has 2 aromatic carbocycles. The molecule has 0 radical (unpaired) electrons. The van der Waals surface area contributed by atoms with Gasteiger partial charge in [-0.25, -0.2) is 4.39 Å². The Kier molecular flexibility index (Phi) is 4.71. The molecular formula is C25H26FN3O3. The van der Waals surface area contributed by atoms with Gasteiger partial charge in [-0.1, -0.05) is 18.2 Å². The molecule has 1 aliphatic heterocycles. The van der Waals surface area contributed by atoms with Crippen LogP contribution in [0.2, 0.25) is 0 Å². The number of halogens is 1. The van der Waals surface area contributed by atoms with Gasteiger partial charge in [0.25, 0.3) is 5.91 Å². The van der Waals surface area contributed by atoms with Gasteiger partial charge in [-0.3, -0.25) is 4.79 Å². The molecule has 0 bridgehead atoms. The lowest BCUT2D eigenvalue weighted by Gasteiger charge is -2.37. The molecule has 166 valence electrons. The van der Waals surface area contributed by atoms with E-state index in [2.05, 4.69) is 10.2 Å². The molecule has 0 saturated heterocycles. The maximum atomic E-state index is 15.3. The minimum absolute atomic E-state index is 0.150. The summed E-state index contributed by atoms with van der Waals surface area (Å²) in [6.07, 6.45) is 2.01. The Morgan fingerprint density at radius 3 is 2.53 bits per heavy atom. The normalized spacial score (nSPS) is 17.1. The minimum Gasteiger partial charge on any atom is -0.421 e. The number of hydrogen-bond acceptors (Lipinski definition) is 5. The lowest BCUT2D eigenvalue weighted by atomic mass is 9.92. The maximum Gasteiger partial charge on any atom is 0.255 e. The van der Waals surface area contributed by atoms with Crippen LogP contribution in [-0.2, 0) is 6.54 Å². The number of carbonyl (C=O) groups is 1. The molecule has 1 aliphatic carbocycles. The number of aryl methyl sites for hydroxylation is 2. The van der Waals surface area contributed by atoms with Gasteiger partial charge in [-0.2, -0.15) is 0 Å². The van der Waals surface area contributed by atoms with Gasteiger partial charge in [-0.15, -0.1) is 10.2 Å². The number of rotatable bonds is 5. The summed E-state index contributed by atoms with van der Waals surface area (Å²) in [6, 6.07) is 8.40. The van der Waals surface area contributed by atoms with Crippen molar-refractivity contribution in [2.24, 2.45) is 5.92 Å². The molecule has 32 heavy (non-hydrogen) atoms. The van der Waals surface area contributed by atoms with Gasteiger partial charge in [0, 0.05) is 24.6 Å². The van der Waals surface area contributed by atoms with Crippen molar-refractivity contribution in [3.8, 4) is 22.6 Å². The third-order valence-electron chi connectivity index (χ3n) is 6.45. The van der Waals surface area contributed by atoms with Gasteiger partial charge in [0.1, 0.15) is 5.82 Å². The predicted molar refractivity (Wildman–Crippen MR) is 117 cm³/mol. The van der Waals surface area contributed by atoms with Crippen molar-refractivity contribution >= 4 is 5.91 Å². The second-order valence-electron chi connectivity index (χ2n) is 9.48. The van der Waals surface area contributed by atoms with E-state index in [4.69, 9.17) is 4.42 Å². The van der Waals surface area contributed by atoms with Crippen molar-refractivity contribution in [3.05, 3.63) is 58.7 Å². The molecule has 7 heteroatoms. The second-order valence-corrected chi connectivity index (χ2v) is 9.48. The number of nitrogens with zero attached hydrogens (tertiary/aromatic N) is 3. The molecule has 1 fully saturated rings. The fraction of sp³-hybridized carbons (Fsp3) is 0.400. The number of aromatic nitrogens is 2. The van der Waals surface area contributed by atoms with Gasteiger partial charge in [0.15, 0.2) is 0 Å². The molecule has 1 N–H and O–H groups in total. The second kappa shape index (κ2) is 7.24. The van der Waals surface area contributed by atoms with Crippen molar-refractivity contribution in [2.75, 3.05) is 0 Å². The van der Waals surface area contributed by atoms with Crippen molar-refractivity contribution in [2.45, 2.75) is 58.7 Å². The van der Waals surface area contributed by atoms with Crippen LogP contribution in [-0.4, -0.2) is 37.8 Å². The van der Waals surface area contributed by atoms with Crippen molar-refractivity contribution in [1.29, 1.82) is 0 Å². The van der Waals surface area contributed by atoms with Gasteiger partial charge in [-0.05, 0) is 68.4 Å². The molecule has 2 heterocycles. The first kappa shape index (κ1) is 20.8. The van der Waals surface area contributed by atoms with Gasteiger partial charge < -0.3 is 14.4 Å². The number of benzene rings is 2. The topological polar surface area (TPSA) is 79.5 Å². The highest BCUT2D eigenvalue weighted by atomic mass is 19.1. The van der Waals surface area contributed by atoms with Crippen molar-refractivity contribution in [3.63, 3.8) is 0 Å². The van der Waals surface area contributed by atoms with Crippen molar-refractivity contribution in [1.82, 2.24) is 15.1 Å². The van der Waals surface area contributed by atoms with E-state index in [0.717, 1.165) is 24.0 Å². The lowest BCUT2D eigenvalue weighted by molar-refractivity contribution is -0.0224. The summed E-state index contributed by atoms with van der Waals surface area (Å²) in [5, 5.41) is 18.6. The number of hydrogen-bond donors (Lipinski definition) is 1. The van der Waals surface area contributed by atoms with E-state index in [0.29, 0.717) is 40.6 Å². The molecular weight excluding hydrogens is 409 g/mol. The van der Waals surface area contributed by atoms with Gasteiger partial charge >= 0.3 is 0 Å². The molecule has 2 aliphatic rings. The molecule has 0 spiro atoms. The van der Waals surface area contributed by atoms with E-state index >= 15 is 4.39 Å². The summed E-state index contributed by atoms with van der Waals surface area (Å²) in [6.45, 7) is 7.48. The summed E-state index contributed by atoms with van der Waals surface area (Å²) >= 11 is 0. The van der Waals surface area contributed by atoms with Gasteiger partial charge in [0.05, 0.1) is 17.2 Å². The monoisotopic (exact) mass is 435 g/mol. The summed E-state index contributed by atoms with van der Waals surface area (Å²) in [5.41, 5.74) is 2.60. The van der Waals surface area contributed by atoms with Crippen molar-refractivity contribution < 1.29 is 18.7 Å². The SMILES string of the molecule is Cc1nnc(-c2cc(F)c(-c3cccc4c3C(=O)N(C(C3CC3)C(C)(C)O)C4)cc2C)o1. The Bertz CT molecular complexity index is 1220. The molecule has 1 amide bonds. The highest BCUT2D eigenvalue weighted by Gasteiger charge is 2.48. The van der Waals surface area contributed by atoms with Crippen LogP contribution in [0.1, 0.15) is 54.1 Å². The summed E-state index contributed by atoms with van der Waals surface area (Å²) in [4.78, 5) is 15.3. The first-order valence-electron chi connectivity index (χ1n) is 10.9. The Labute approximate surface area is 186 Å². The molecule has 5 rings (SSSR count). The summed E-state index contributed by atoms with van der Waals surface area (Å²) in [5.74, 6) is 0.370. The highest BCUT2D eigenvalue weighted by molar-refractivity contribution is 6.05. The Hall–Kier alpha value is -3.06. The largest absolute Gasteiger partial charge is 0.421 e. The quantitative estimate of drug-likeness (QED) is 0.630. The average molecular weight is 435 g/mol. The van der Waals surface area contributed by atoms with Crippen LogP contribution in [0.4, 0.5) is 4.39 Å². The van der Waals surface area contributed by atoms with Crippen LogP contribution in [0.3, 0.4) is 0 Å². The Morgan fingerprint density at radius 2 is 1.91 bits per heavy atom. The Balaban J connectivity index is 1.57. The summed E-state index contributed by atoms with van der Waals surface area (Å²) in [7, 11) is 0. The van der Waals surface area contributed by atoms with Crippen LogP contribution in [0.25, 0.3) is 22.6 Å². The number of fused-ring (bicyclic) bond motifs is 1. The number of amides is 1. The molecule has 1 atom stereocenters. The number of carbonyl (C=O) groups excluding carboxylic acids is 1. The zero-order chi connectivity index (χ0) is 22.8. The molecule has 1 saturated carbocycles. The Morgan fingerprint density at radius 1 is 1.16 bits per heavy atom. The van der Waals surface area contributed by atoms with Crippen LogP contribution in [0.15, 0.2) is 34.7 Å². The van der Waals surface area contributed by atoms with E-state index in [1.807, 2.05) is 19.1 Å². The first-order chi connectivity index (χ1) is 15.1. The zero-order valence-electron chi connectivity index (χ0n) is 18.6. The predicted octanol–water partition coefficient (Wildman–Crippen LogP) is 4.66. The van der Waals surface area contributed by atoms with E-state index in [1.165, 1.54) is 6.07 Å². The third-order valence-corrected chi connectivity index (χ3v) is 6.45. The molecule has 1 unspecified atom stereocenters. The standard InChI is InChI=1S/C25H26FN3O3/c1-13-10-19(20(26)11-18(13)23-28-27-14(2)32-23)17-7-5-6-16-12-29(24(30)21(16)17)22(15-8-9-15)25(3,4)31/h5-7,10-11,15,22,31H,8-9,12H2,1-4H3. The summed E-state index contributed by atoms with van der Waals surface area (Å²) < 4.78 is 20.8. The average Bonchev–Trinajstić information content (AvgIpc) is 3.36. The molecule has 3 aromatic rings. The van der Waals surface area contributed by atoms with E-state index in [9.17, 15) is 9.90 Å². The lowest BCUT2D eigenvalue weighted by Crippen LogP contribution is -2.51. The fourth-order valence-corrected chi connectivity index (χ4v) is 4.98. The maximum absolute atomic E-state index is 15.3. The fourth-order valence-electron chi connectivity index (χ4n) is 4.98. The zero-order valence-corrected chi connectivity index (χ0v) is 18.6. The first-order valence-corrected chi connectivity index (χ1v) is 10.9. The van der Waals surface area contributed by atoms with Crippen LogP contribution in [0.5, 0.6) is 0 Å². The van der Waals surface area contributed by atoms with E-state index in [-0.39, 0.29) is 17.8 Å². The molecule has 1 aromatic heterocycles. The van der Waals surface area contributed by atoms with Crippen LogP contribution < -0.4 is 0 Å². The van der Waals surface area contributed by atoms with Gasteiger partial charge in [0.2, 0.25) is 11.8 Å². The third kappa shape index (κ3) is 3.41. The number of aliphatic hydroxyl groups is 1. The smallest absolute Gasteiger partial charge is 0.255 e. The van der Waals surface area contributed by atoms with Crippen LogP contribution >= 0.6 is 0 Å². The highest BCUT2D eigenvalue weighted by Crippen LogP contribution is 2.44. The minimum atomic E-state index is -1.01.